The standard InChI is InChI=1S/C13H18FNO/c1-15(10-6-8-11(16)9-7-10)13-5-3-2-4-12(13)14/h2-5,10-11,16H,6-9H2,1H3. The number of para-hydroxylation sites is 1. The summed E-state index contributed by atoms with van der Waals surface area (Å²) in [5, 5.41) is 9.44. The molecule has 1 aliphatic carbocycles. The van der Waals surface area contributed by atoms with Crippen LogP contribution in [0.25, 0.3) is 0 Å². The van der Waals surface area contributed by atoms with Gasteiger partial charge in [0.25, 0.3) is 0 Å². The Balaban J connectivity index is 2.07. The minimum absolute atomic E-state index is 0.162. The van der Waals surface area contributed by atoms with E-state index in [4.69, 9.17) is 0 Å². The second-order valence-electron chi connectivity index (χ2n) is 4.52. The molecule has 0 aromatic heterocycles. The zero-order chi connectivity index (χ0) is 11.5. The van der Waals surface area contributed by atoms with Gasteiger partial charge in [0.2, 0.25) is 0 Å². The predicted molar refractivity (Wildman–Crippen MR) is 63.1 cm³/mol. The van der Waals surface area contributed by atoms with Gasteiger partial charge < -0.3 is 10.0 Å². The molecule has 0 amide bonds. The second-order valence-corrected chi connectivity index (χ2v) is 4.52. The molecule has 1 aromatic carbocycles. The molecule has 1 saturated carbocycles. The minimum atomic E-state index is -0.170. The molecule has 0 aliphatic heterocycles. The Hall–Kier alpha value is -1.09. The van der Waals surface area contributed by atoms with Crippen LogP contribution in [-0.4, -0.2) is 24.3 Å². The Labute approximate surface area is 95.7 Å². The molecule has 0 saturated heterocycles. The molecule has 16 heavy (non-hydrogen) atoms. The van der Waals surface area contributed by atoms with Crippen LogP contribution in [0.15, 0.2) is 24.3 Å². The van der Waals surface area contributed by atoms with E-state index in [1.165, 1.54) is 6.07 Å². The summed E-state index contributed by atoms with van der Waals surface area (Å²) in [4.78, 5) is 2.00. The van der Waals surface area contributed by atoms with Gasteiger partial charge in [0.15, 0.2) is 0 Å². The van der Waals surface area contributed by atoms with Gasteiger partial charge in [0, 0.05) is 13.1 Å². The van der Waals surface area contributed by atoms with Gasteiger partial charge in [-0.15, -0.1) is 0 Å². The van der Waals surface area contributed by atoms with Crippen molar-refractivity contribution in [3.63, 3.8) is 0 Å². The molecule has 2 nitrogen and oxygen atoms in total. The van der Waals surface area contributed by atoms with Crippen molar-refractivity contribution >= 4 is 5.69 Å². The fourth-order valence-corrected chi connectivity index (χ4v) is 2.38. The van der Waals surface area contributed by atoms with Crippen LogP contribution in [0.1, 0.15) is 25.7 Å². The molecule has 3 heteroatoms. The highest BCUT2D eigenvalue weighted by atomic mass is 19.1. The van der Waals surface area contributed by atoms with E-state index in [0.29, 0.717) is 11.7 Å². The summed E-state index contributed by atoms with van der Waals surface area (Å²) in [6.45, 7) is 0. The van der Waals surface area contributed by atoms with Gasteiger partial charge in [-0.1, -0.05) is 12.1 Å². The van der Waals surface area contributed by atoms with Crippen molar-refractivity contribution in [1.29, 1.82) is 0 Å². The summed E-state index contributed by atoms with van der Waals surface area (Å²) in [5.74, 6) is -0.170. The number of aliphatic hydroxyl groups is 1. The van der Waals surface area contributed by atoms with Crippen molar-refractivity contribution < 1.29 is 9.50 Å². The number of rotatable bonds is 2. The van der Waals surface area contributed by atoms with Crippen LogP contribution in [0.2, 0.25) is 0 Å². The molecule has 0 unspecified atom stereocenters. The molecular formula is C13H18FNO. The van der Waals surface area contributed by atoms with E-state index in [1.807, 2.05) is 18.0 Å². The molecule has 1 N–H and O–H groups in total. The molecule has 0 heterocycles. The molecular weight excluding hydrogens is 205 g/mol. The van der Waals surface area contributed by atoms with Crippen LogP contribution in [0, 0.1) is 5.82 Å². The van der Waals surface area contributed by atoms with Gasteiger partial charge in [-0.05, 0) is 37.8 Å². The first-order valence-electron chi connectivity index (χ1n) is 5.84. The maximum Gasteiger partial charge on any atom is 0.146 e. The highest BCUT2D eigenvalue weighted by molar-refractivity contribution is 5.47. The number of hydrogen-bond acceptors (Lipinski definition) is 2. The van der Waals surface area contributed by atoms with E-state index in [0.717, 1.165) is 25.7 Å². The van der Waals surface area contributed by atoms with Crippen LogP contribution < -0.4 is 4.90 Å². The zero-order valence-corrected chi connectivity index (χ0v) is 9.56. The van der Waals surface area contributed by atoms with Gasteiger partial charge >= 0.3 is 0 Å². The first-order chi connectivity index (χ1) is 7.68. The quantitative estimate of drug-likeness (QED) is 0.833. The van der Waals surface area contributed by atoms with E-state index in [-0.39, 0.29) is 11.9 Å². The lowest BCUT2D eigenvalue weighted by Crippen LogP contribution is -2.36. The summed E-state index contributed by atoms with van der Waals surface area (Å²) in [5.41, 5.74) is 0.656. The van der Waals surface area contributed by atoms with Crippen molar-refractivity contribution in [1.82, 2.24) is 0 Å². The molecule has 0 bridgehead atoms. The second kappa shape index (κ2) is 4.83. The topological polar surface area (TPSA) is 23.5 Å². The van der Waals surface area contributed by atoms with Crippen LogP contribution >= 0.6 is 0 Å². The largest absolute Gasteiger partial charge is 0.393 e. The average Bonchev–Trinajstić information content (AvgIpc) is 2.30. The zero-order valence-electron chi connectivity index (χ0n) is 9.56. The van der Waals surface area contributed by atoms with Crippen molar-refractivity contribution in [2.75, 3.05) is 11.9 Å². The Morgan fingerprint density at radius 1 is 1.19 bits per heavy atom. The Bertz CT molecular complexity index is 348. The third kappa shape index (κ3) is 2.35. The smallest absolute Gasteiger partial charge is 0.146 e. The molecule has 2 rings (SSSR count). The van der Waals surface area contributed by atoms with Crippen molar-refractivity contribution in [2.45, 2.75) is 37.8 Å². The van der Waals surface area contributed by atoms with Gasteiger partial charge in [-0.3, -0.25) is 0 Å². The number of anilines is 1. The summed E-state index contributed by atoms with van der Waals surface area (Å²) in [6.07, 6.45) is 3.36. The van der Waals surface area contributed by atoms with Gasteiger partial charge in [-0.2, -0.15) is 0 Å². The number of hydrogen-bond donors (Lipinski definition) is 1. The van der Waals surface area contributed by atoms with Crippen molar-refractivity contribution in [2.24, 2.45) is 0 Å². The fourth-order valence-electron chi connectivity index (χ4n) is 2.38. The first kappa shape index (κ1) is 11.4. The maximum atomic E-state index is 13.6. The van der Waals surface area contributed by atoms with Crippen LogP contribution in [-0.2, 0) is 0 Å². The normalized spacial score (nSPS) is 25.4. The van der Waals surface area contributed by atoms with E-state index in [9.17, 15) is 9.50 Å². The molecule has 0 radical (unpaired) electrons. The Kier molecular flexibility index (Phi) is 3.44. The molecule has 1 fully saturated rings. The van der Waals surface area contributed by atoms with E-state index in [1.54, 1.807) is 12.1 Å². The summed E-state index contributed by atoms with van der Waals surface area (Å²) in [7, 11) is 1.93. The number of nitrogens with zero attached hydrogens (tertiary/aromatic N) is 1. The molecule has 1 aliphatic rings. The highest BCUT2D eigenvalue weighted by Gasteiger charge is 2.23. The minimum Gasteiger partial charge on any atom is -0.393 e. The SMILES string of the molecule is CN(c1ccccc1F)C1CCC(O)CC1. The average molecular weight is 223 g/mol. The van der Waals surface area contributed by atoms with Crippen LogP contribution in [0.5, 0.6) is 0 Å². The molecule has 1 aromatic rings. The lowest BCUT2D eigenvalue weighted by atomic mass is 9.92. The highest BCUT2D eigenvalue weighted by Crippen LogP contribution is 2.27. The van der Waals surface area contributed by atoms with Crippen molar-refractivity contribution in [3.05, 3.63) is 30.1 Å². The molecule has 0 atom stereocenters. The Morgan fingerprint density at radius 2 is 1.81 bits per heavy atom. The monoisotopic (exact) mass is 223 g/mol. The maximum absolute atomic E-state index is 13.6. The van der Waals surface area contributed by atoms with Crippen molar-refractivity contribution in [3.8, 4) is 0 Å². The number of aliphatic hydroxyl groups excluding tert-OH is 1. The first-order valence-corrected chi connectivity index (χ1v) is 5.84. The third-order valence-corrected chi connectivity index (χ3v) is 3.45. The van der Waals surface area contributed by atoms with Crippen LogP contribution in [0.3, 0.4) is 0 Å². The van der Waals surface area contributed by atoms with E-state index < -0.39 is 0 Å². The summed E-state index contributed by atoms with van der Waals surface area (Å²) in [6, 6.07) is 7.20. The molecule has 88 valence electrons. The fraction of sp³-hybridized carbons (Fsp3) is 0.538. The number of benzene rings is 1. The number of halogens is 1. The third-order valence-electron chi connectivity index (χ3n) is 3.45. The lowest BCUT2D eigenvalue weighted by molar-refractivity contribution is 0.122. The Morgan fingerprint density at radius 3 is 2.44 bits per heavy atom. The van der Waals surface area contributed by atoms with Gasteiger partial charge in [0.1, 0.15) is 5.82 Å². The summed E-state index contributed by atoms with van der Waals surface area (Å²) >= 11 is 0. The summed E-state index contributed by atoms with van der Waals surface area (Å²) < 4.78 is 13.6. The van der Waals surface area contributed by atoms with Crippen LogP contribution in [0.4, 0.5) is 10.1 Å². The van der Waals surface area contributed by atoms with Gasteiger partial charge in [0.05, 0.1) is 11.8 Å². The lowest BCUT2D eigenvalue weighted by Gasteiger charge is -2.34. The van der Waals surface area contributed by atoms with Gasteiger partial charge in [-0.25, -0.2) is 4.39 Å². The predicted octanol–water partition coefficient (Wildman–Crippen LogP) is 2.57. The molecule has 0 spiro atoms. The van der Waals surface area contributed by atoms with E-state index >= 15 is 0 Å². The van der Waals surface area contributed by atoms with E-state index in [2.05, 4.69) is 0 Å².